The Labute approximate surface area is 148 Å². The Hall–Kier alpha value is -2.62. The molecular formula is C21H23NO3. The van der Waals surface area contributed by atoms with Crippen LogP contribution in [0.5, 0.6) is 0 Å². The average molecular weight is 337 g/mol. The molecule has 1 N–H and O–H groups in total. The van der Waals surface area contributed by atoms with Crippen LogP contribution in [0.1, 0.15) is 63.2 Å². The van der Waals surface area contributed by atoms with Gasteiger partial charge < -0.3 is 10.1 Å². The van der Waals surface area contributed by atoms with E-state index >= 15 is 0 Å². The van der Waals surface area contributed by atoms with Crippen molar-refractivity contribution in [1.82, 2.24) is 5.32 Å². The Kier molecular flexibility index (Phi) is 5.17. The fourth-order valence-electron chi connectivity index (χ4n) is 3.29. The first-order valence-electron chi connectivity index (χ1n) is 8.69. The van der Waals surface area contributed by atoms with Gasteiger partial charge in [0.25, 0.3) is 5.91 Å². The van der Waals surface area contributed by atoms with Crippen molar-refractivity contribution in [2.75, 3.05) is 7.11 Å². The van der Waals surface area contributed by atoms with E-state index in [0.29, 0.717) is 11.1 Å². The molecule has 1 aliphatic rings. The van der Waals surface area contributed by atoms with Gasteiger partial charge in [0, 0.05) is 5.56 Å². The van der Waals surface area contributed by atoms with Gasteiger partial charge in [-0.1, -0.05) is 24.3 Å². The Morgan fingerprint density at radius 2 is 1.72 bits per heavy atom. The number of ether oxygens (including phenoxy) is 1. The molecule has 1 unspecified atom stereocenters. The van der Waals surface area contributed by atoms with Crippen molar-refractivity contribution in [3.05, 3.63) is 70.3 Å². The van der Waals surface area contributed by atoms with E-state index in [1.807, 2.05) is 6.92 Å². The van der Waals surface area contributed by atoms with Crippen molar-refractivity contribution in [3.8, 4) is 0 Å². The Bertz CT molecular complexity index is 797. The maximum atomic E-state index is 12.5. The SMILES string of the molecule is COC(=O)c1cccc(C(=O)NC(C)c2ccc3c(c2)CCCC3)c1. The topological polar surface area (TPSA) is 55.4 Å². The number of hydrogen-bond donors (Lipinski definition) is 1. The minimum Gasteiger partial charge on any atom is -0.465 e. The zero-order chi connectivity index (χ0) is 17.8. The summed E-state index contributed by atoms with van der Waals surface area (Å²) in [4.78, 5) is 24.1. The third kappa shape index (κ3) is 3.90. The van der Waals surface area contributed by atoms with E-state index < -0.39 is 5.97 Å². The Morgan fingerprint density at radius 3 is 2.48 bits per heavy atom. The second-order valence-corrected chi connectivity index (χ2v) is 6.50. The van der Waals surface area contributed by atoms with Crippen molar-refractivity contribution < 1.29 is 14.3 Å². The molecule has 0 saturated heterocycles. The van der Waals surface area contributed by atoms with Gasteiger partial charge in [0.2, 0.25) is 0 Å². The van der Waals surface area contributed by atoms with Gasteiger partial charge in [0.1, 0.15) is 0 Å². The van der Waals surface area contributed by atoms with Gasteiger partial charge in [-0.25, -0.2) is 4.79 Å². The second-order valence-electron chi connectivity index (χ2n) is 6.50. The molecule has 0 heterocycles. The van der Waals surface area contributed by atoms with Crippen LogP contribution in [0.3, 0.4) is 0 Å². The van der Waals surface area contributed by atoms with Gasteiger partial charge in [0.15, 0.2) is 0 Å². The van der Waals surface area contributed by atoms with Crippen molar-refractivity contribution in [1.29, 1.82) is 0 Å². The average Bonchev–Trinajstić information content (AvgIpc) is 2.66. The molecule has 4 heteroatoms. The molecule has 0 aliphatic heterocycles. The second kappa shape index (κ2) is 7.51. The predicted octanol–water partition coefficient (Wildman–Crippen LogP) is 3.84. The molecule has 1 amide bonds. The number of esters is 1. The van der Waals surface area contributed by atoms with Gasteiger partial charge >= 0.3 is 5.97 Å². The maximum Gasteiger partial charge on any atom is 0.337 e. The van der Waals surface area contributed by atoms with Crippen molar-refractivity contribution in [3.63, 3.8) is 0 Å². The quantitative estimate of drug-likeness (QED) is 0.862. The maximum absolute atomic E-state index is 12.5. The van der Waals surface area contributed by atoms with Crippen molar-refractivity contribution in [2.45, 2.75) is 38.6 Å². The highest BCUT2D eigenvalue weighted by Crippen LogP contribution is 2.25. The van der Waals surface area contributed by atoms with E-state index in [9.17, 15) is 9.59 Å². The van der Waals surface area contributed by atoms with E-state index in [-0.39, 0.29) is 11.9 Å². The minimum absolute atomic E-state index is 0.0958. The molecule has 2 aromatic rings. The lowest BCUT2D eigenvalue weighted by Crippen LogP contribution is -2.27. The molecule has 0 aromatic heterocycles. The number of methoxy groups -OCH3 is 1. The number of rotatable bonds is 4. The summed E-state index contributed by atoms with van der Waals surface area (Å²) in [5.74, 6) is -0.645. The molecule has 0 radical (unpaired) electrons. The molecule has 0 fully saturated rings. The van der Waals surface area contributed by atoms with E-state index in [1.165, 1.54) is 31.1 Å². The molecule has 0 saturated carbocycles. The lowest BCUT2D eigenvalue weighted by atomic mass is 9.89. The van der Waals surface area contributed by atoms with Crippen molar-refractivity contribution in [2.24, 2.45) is 0 Å². The van der Waals surface area contributed by atoms with E-state index in [1.54, 1.807) is 24.3 Å². The summed E-state index contributed by atoms with van der Waals surface area (Å²) >= 11 is 0. The summed E-state index contributed by atoms with van der Waals surface area (Å²) in [6, 6.07) is 13.0. The van der Waals surface area contributed by atoms with E-state index in [4.69, 9.17) is 4.74 Å². The van der Waals surface area contributed by atoms with Crippen LogP contribution >= 0.6 is 0 Å². The van der Waals surface area contributed by atoms with Gasteiger partial charge in [-0.2, -0.15) is 0 Å². The predicted molar refractivity (Wildman–Crippen MR) is 96.7 cm³/mol. The largest absolute Gasteiger partial charge is 0.465 e. The monoisotopic (exact) mass is 337 g/mol. The van der Waals surface area contributed by atoms with Crippen molar-refractivity contribution >= 4 is 11.9 Å². The number of nitrogens with one attached hydrogen (secondary N) is 1. The molecule has 25 heavy (non-hydrogen) atoms. The zero-order valence-corrected chi connectivity index (χ0v) is 14.7. The Morgan fingerprint density at radius 1 is 1.00 bits per heavy atom. The normalized spacial score (nSPS) is 14.3. The highest BCUT2D eigenvalue weighted by Gasteiger charge is 2.16. The summed E-state index contributed by atoms with van der Waals surface area (Å²) in [6.45, 7) is 1.98. The molecule has 0 bridgehead atoms. The summed E-state index contributed by atoms with van der Waals surface area (Å²) in [6.07, 6.45) is 4.76. The lowest BCUT2D eigenvalue weighted by Gasteiger charge is -2.20. The van der Waals surface area contributed by atoms with Crippen LogP contribution in [0.4, 0.5) is 0 Å². The van der Waals surface area contributed by atoms with E-state index in [2.05, 4.69) is 23.5 Å². The molecule has 3 rings (SSSR count). The zero-order valence-electron chi connectivity index (χ0n) is 14.7. The first-order valence-corrected chi connectivity index (χ1v) is 8.69. The molecule has 1 aliphatic carbocycles. The minimum atomic E-state index is -0.447. The Balaban J connectivity index is 1.73. The smallest absolute Gasteiger partial charge is 0.337 e. The third-order valence-electron chi connectivity index (χ3n) is 4.77. The lowest BCUT2D eigenvalue weighted by molar-refractivity contribution is 0.0600. The summed E-state index contributed by atoms with van der Waals surface area (Å²) < 4.78 is 4.70. The highest BCUT2D eigenvalue weighted by molar-refractivity contribution is 5.98. The van der Waals surface area contributed by atoms with Crippen LogP contribution in [0.25, 0.3) is 0 Å². The number of amides is 1. The fraction of sp³-hybridized carbons (Fsp3) is 0.333. The van der Waals surface area contributed by atoms with Crippen LogP contribution in [-0.4, -0.2) is 19.0 Å². The van der Waals surface area contributed by atoms with Crippen LogP contribution in [0.2, 0.25) is 0 Å². The van der Waals surface area contributed by atoms with Crippen LogP contribution in [0, 0.1) is 0 Å². The number of hydrogen-bond acceptors (Lipinski definition) is 3. The molecule has 4 nitrogen and oxygen atoms in total. The van der Waals surface area contributed by atoms with Gasteiger partial charge in [0.05, 0.1) is 18.7 Å². The molecule has 1 atom stereocenters. The van der Waals surface area contributed by atoms with Gasteiger partial charge in [-0.3, -0.25) is 4.79 Å². The summed E-state index contributed by atoms with van der Waals surface area (Å²) in [5, 5.41) is 3.01. The molecule has 2 aromatic carbocycles. The standard InChI is InChI=1S/C21H23NO3/c1-14(16-11-10-15-6-3-4-7-17(15)12-16)22-20(23)18-8-5-9-19(13-18)21(24)25-2/h5,8-14H,3-4,6-7H2,1-2H3,(H,22,23). The van der Waals surface area contributed by atoms with Gasteiger partial charge in [-0.15, -0.1) is 0 Å². The molecular weight excluding hydrogens is 314 g/mol. The fourth-order valence-corrected chi connectivity index (χ4v) is 3.29. The summed E-state index contributed by atoms with van der Waals surface area (Å²) in [7, 11) is 1.33. The third-order valence-corrected chi connectivity index (χ3v) is 4.77. The van der Waals surface area contributed by atoms with Crippen LogP contribution in [0.15, 0.2) is 42.5 Å². The highest BCUT2D eigenvalue weighted by atomic mass is 16.5. The van der Waals surface area contributed by atoms with Crippen LogP contribution < -0.4 is 5.32 Å². The number of carbonyl (C=O) groups excluding carboxylic acids is 2. The van der Waals surface area contributed by atoms with Crippen LogP contribution in [-0.2, 0) is 17.6 Å². The molecule has 0 spiro atoms. The first-order chi connectivity index (χ1) is 12.1. The molecule has 130 valence electrons. The number of aryl methyl sites for hydroxylation is 2. The van der Waals surface area contributed by atoms with Gasteiger partial charge in [-0.05, 0) is 67.5 Å². The summed E-state index contributed by atoms with van der Waals surface area (Å²) in [5.41, 5.74) is 4.76. The van der Waals surface area contributed by atoms with E-state index in [0.717, 1.165) is 18.4 Å². The number of carbonyl (C=O) groups is 2. The first kappa shape index (κ1) is 17.2. The number of benzene rings is 2. The number of fused-ring (bicyclic) bond motifs is 1.